The molecule has 0 bridgehead atoms. The minimum absolute atomic E-state index is 0.0138. The average Bonchev–Trinajstić information content (AvgIpc) is 2.77. The van der Waals surface area contributed by atoms with E-state index in [1.165, 1.54) is 18.2 Å². The van der Waals surface area contributed by atoms with E-state index in [-0.39, 0.29) is 17.3 Å². The van der Waals surface area contributed by atoms with Crippen LogP contribution in [0.15, 0.2) is 24.3 Å². The summed E-state index contributed by atoms with van der Waals surface area (Å²) in [4.78, 5) is 11.6. The van der Waals surface area contributed by atoms with Gasteiger partial charge in [-0.1, -0.05) is 24.3 Å². The second-order valence-electron chi connectivity index (χ2n) is 4.71. The van der Waals surface area contributed by atoms with Crippen LogP contribution in [0, 0.1) is 0 Å². The second-order valence-corrected chi connectivity index (χ2v) is 6.41. The van der Waals surface area contributed by atoms with Crippen molar-refractivity contribution in [3.63, 3.8) is 0 Å². The Morgan fingerprint density at radius 2 is 2.22 bits per heavy atom. The molecule has 1 N–H and O–H groups in total. The smallest absolute Gasteiger partial charge is 0.323 e. The SMILES string of the molecule is COC(=O)C1CS(=O)C2Cc3ccccc3C2N1. The van der Waals surface area contributed by atoms with E-state index in [1.54, 1.807) is 0 Å². The van der Waals surface area contributed by atoms with E-state index in [9.17, 15) is 9.00 Å². The third-order valence-electron chi connectivity index (χ3n) is 3.72. The maximum Gasteiger partial charge on any atom is 0.323 e. The van der Waals surface area contributed by atoms with Gasteiger partial charge in [0.1, 0.15) is 6.04 Å². The zero-order chi connectivity index (χ0) is 12.7. The van der Waals surface area contributed by atoms with Crippen molar-refractivity contribution in [2.75, 3.05) is 12.9 Å². The first-order valence-corrected chi connectivity index (χ1v) is 7.38. The predicted molar refractivity (Wildman–Crippen MR) is 68.6 cm³/mol. The lowest BCUT2D eigenvalue weighted by Gasteiger charge is -2.31. The molecule has 1 aromatic carbocycles. The molecule has 4 atom stereocenters. The molecule has 1 aliphatic heterocycles. The molecule has 2 aliphatic rings. The van der Waals surface area contributed by atoms with Crippen LogP contribution in [0.5, 0.6) is 0 Å². The third kappa shape index (κ3) is 1.78. The van der Waals surface area contributed by atoms with Crippen molar-refractivity contribution in [1.82, 2.24) is 5.32 Å². The minimum Gasteiger partial charge on any atom is -0.468 e. The summed E-state index contributed by atoms with van der Waals surface area (Å²) < 4.78 is 17.0. The Hall–Kier alpha value is -1.20. The molecule has 4 unspecified atom stereocenters. The Morgan fingerprint density at radius 1 is 1.44 bits per heavy atom. The standard InChI is InChI=1S/C13H15NO3S/c1-17-13(15)10-7-18(16)11-6-8-4-2-3-5-9(8)12(11)14-10/h2-5,10-12,14H,6-7H2,1H3. The molecule has 1 saturated heterocycles. The number of hydrogen-bond donors (Lipinski definition) is 1. The Labute approximate surface area is 108 Å². The number of rotatable bonds is 1. The molecule has 1 fully saturated rings. The molecule has 5 heteroatoms. The predicted octanol–water partition coefficient (Wildman–Crippen LogP) is 0.546. The molecule has 0 aromatic heterocycles. The van der Waals surface area contributed by atoms with Crippen LogP contribution in [0.25, 0.3) is 0 Å². The molecule has 1 aromatic rings. The van der Waals surface area contributed by atoms with E-state index < -0.39 is 16.8 Å². The van der Waals surface area contributed by atoms with Gasteiger partial charge >= 0.3 is 5.97 Å². The summed E-state index contributed by atoms with van der Waals surface area (Å²) in [5, 5.41) is 3.37. The lowest BCUT2D eigenvalue weighted by atomic mass is 10.1. The molecule has 1 heterocycles. The van der Waals surface area contributed by atoms with Crippen molar-refractivity contribution < 1.29 is 13.7 Å². The van der Waals surface area contributed by atoms with Gasteiger partial charge in [-0.2, -0.15) is 0 Å². The van der Waals surface area contributed by atoms with Crippen LogP contribution < -0.4 is 5.32 Å². The number of carbonyl (C=O) groups excluding carboxylic acids is 1. The van der Waals surface area contributed by atoms with E-state index in [2.05, 4.69) is 11.4 Å². The topological polar surface area (TPSA) is 55.4 Å². The minimum atomic E-state index is -0.987. The van der Waals surface area contributed by atoms with Crippen LogP contribution in [0.1, 0.15) is 17.2 Å². The molecule has 1 aliphatic carbocycles. The van der Waals surface area contributed by atoms with Gasteiger partial charge < -0.3 is 4.74 Å². The lowest BCUT2D eigenvalue weighted by Crippen LogP contribution is -2.52. The Morgan fingerprint density at radius 3 is 3.00 bits per heavy atom. The first kappa shape index (κ1) is 11.9. The highest BCUT2D eigenvalue weighted by Crippen LogP contribution is 2.37. The summed E-state index contributed by atoms with van der Waals surface area (Å²) in [6, 6.07) is 7.65. The normalized spacial score (nSPS) is 33.6. The maximum absolute atomic E-state index is 12.2. The lowest BCUT2D eigenvalue weighted by molar-refractivity contribution is -0.142. The Kier molecular flexibility index (Phi) is 2.95. The maximum atomic E-state index is 12.2. The number of esters is 1. The fraction of sp³-hybridized carbons (Fsp3) is 0.462. The van der Waals surface area contributed by atoms with Gasteiger partial charge in [0.05, 0.1) is 18.1 Å². The highest BCUT2D eigenvalue weighted by molar-refractivity contribution is 7.85. The Bertz CT molecular complexity index is 517. The molecular weight excluding hydrogens is 250 g/mol. The van der Waals surface area contributed by atoms with Crippen molar-refractivity contribution in [1.29, 1.82) is 0 Å². The van der Waals surface area contributed by atoms with Crippen molar-refractivity contribution >= 4 is 16.8 Å². The van der Waals surface area contributed by atoms with Crippen LogP contribution in [-0.4, -0.2) is 34.3 Å². The molecule has 0 saturated carbocycles. The fourth-order valence-corrected chi connectivity index (χ4v) is 4.53. The van der Waals surface area contributed by atoms with Gasteiger partial charge in [0.2, 0.25) is 0 Å². The highest BCUT2D eigenvalue weighted by atomic mass is 32.2. The summed E-state index contributed by atoms with van der Waals surface area (Å²) in [7, 11) is 0.375. The van der Waals surface area contributed by atoms with Crippen molar-refractivity contribution in [3.05, 3.63) is 35.4 Å². The zero-order valence-electron chi connectivity index (χ0n) is 10.1. The summed E-state index contributed by atoms with van der Waals surface area (Å²) in [6.07, 6.45) is 0.828. The van der Waals surface area contributed by atoms with Gasteiger partial charge in [0.15, 0.2) is 0 Å². The van der Waals surface area contributed by atoms with E-state index in [4.69, 9.17) is 4.74 Å². The fourth-order valence-electron chi connectivity index (χ4n) is 2.83. The summed E-state index contributed by atoms with van der Waals surface area (Å²) in [5.41, 5.74) is 2.41. The van der Waals surface area contributed by atoms with Gasteiger partial charge in [-0.15, -0.1) is 0 Å². The van der Waals surface area contributed by atoms with Gasteiger partial charge in [-0.3, -0.25) is 14.3 Å². The van der Waals surface area contributed by atoms with E-state index in [0.717, 1.165) is 6.42 Å². The van der Waals surface area contributed by atoms with Gasteiger partial charge in [0.25, 0.3) is 0 Å². The van der Waals surface area contributed by atoms with Crippen molar-refractivity contribution in [2.45, 2.75) is 23.8 Å². The van der Waals surface area contributed by atoms with Gasteiger partial charge in [-0.25, -0.2) is 0 Å². The van der Waals surface area contributed by atoms with Gasteiger partial charge in [0, 0.05) is 16.8 Å². The van der Waals surface area contributed by atoms with Gasteiger partial charge in [-0.05, 0) is 17.5 Å². The van der Waals surface area contributed by atoms with Crippen LogP contribution in [0.4, 0.5) is 0 Å². The molecule has 0 radical (unpaired) electrons. The van der Waals surface area contributed by atoms with Crippen LogP contribution >= 0.6 is 0 Å². The third-order valence-corrected chi connectivity index (χ3v) is 5.49. The van der Waals surface area contributed by atoms with Crippen LogP contribution in [0.2, 0.25) is 0 Å². The summed E-state index contributed by atoms with van der Waals surface area (Å²) in [6.45, 7) is 0. The van der Waals surface area contributed by atoms with Crippen molar-refractivity contribution in [3.8, 4) is 0 Å². The number of nitrogens with one attached hydrogen (secondary N) is 1. The monoisotopic (exact) mass is 265 g/mol. The molecule has 3 rings (SSSR count). The first-order chi connectivity index (χ1) is 8.70. The molecule has 4 nitrogen and oxygen atoms in total. The summed E-state index contributed by atoms with van der Waals surface area (Å²) in [5.74, 6) is 0.0214. The molecule has 0 amide bonds. The molecular formula is C13H15NO3S. The number of benzene rings is 1. The number of ether oxygens (including phenoxy) is 1. The summed E-state index contributed by atoms with van der Waals surface area (Å²) >= 11 is 0. The molecule has 0 spiro atoms. The second kappa shape index (κ2) is 4.48. The average molecular weight is 265 g/mol. The Balaban J connectivity index is 1.92. The first-order valence-electron chi connectivity index (χ1n) is 5.99. The van der Waals surface area contributed by atoms with Crippen molar-refractivity contribution in [2.24, 2.45) is 0 Å². The largest absolute Gasteiger partial charge is 0.468 e. The van der Waals surface area contributed by atoms with Crippen LogP contribution in [0.3, 0.4) is 0 Å². The van der Waals surface area contributed by atoms with Crippen LogP contribution in [-0.2, 0) is 26.8 Å². The highest BCUT2D eigenvalue weighted by Gasteiger charge is 2.43. The number of hydrogen-bond acceptors (Lipinski definition) is 4. The number of carbonyl (C=O) groups is 1. The zero-order valence-corrected chi connectivity index (χ0v) is 10.9. The van der Waals surface area contributed by atoms with E-state index >= 15 is 0 Å². The molecule has 96 valence electrons. The van der Waals surface area contributed by atoms with E-state index in [1.807, 2.05) is 18.2 Å². The number of methoxy groups -OCH3 is 1. The number of fused-ring (bicyclic) bond motifs is 3. The molecule has 18 heavy (non-hydrogen) atoms. The van der Waals surface area contributed by atoms with E-state index in [0.29, 0.717) is 5.75 Å². The quantitative estimate of drug-likeness (QED) is 0.753.